The molecule has 1 unspecified atom stereocenters. The van der Waals surface area contributed by atoms with Crippen molar-refractivity contribution in [2.75, 3.05) is 16.8 Å². The summed E-state index contributed by atoms with van der Waals surface area (Å²) in [6.45, 7) is 2.29. The van der Waals surface area contributed by atoms with Crippen LogP contribution in [0, 0.1) is 11.6 Å². The molecule has 35 heavy (non-hydrogen) atoms. The number of halogens is 2. The second-order valence-corrected chi connectivity index (χ2v) is 7.92. The molecule has 1 aliphatic heterocycles. The van der Waals surface area contributed by atoms with Gasteiger partial charge in [0.25, 0.3) is 5.91 Å². The maximum absolute atomic E-state index is 13.7. The zero-order valence-electron chi connectivity index (χ0n) is 18.9. The second-order valence-electron chi connectivity index (χ2n) is 7.92. The lowest BCUT2D eigenvalue weighted by Gasteiger charge is -2.21. The summed E-state index contributed by atoms with van der Waals surface area (Å²) in [5, 5.41) is 2.72. The van der Waals surface area contributed by atoms with Crippen molar-refractivity contribution in [2.24, 2.45) is 0 Å². The quantitative estimate of drug-likeness (QED) is 0.474. The Morgan fingerprint density at radius 2 is 1.69 bits per heavy atom. The zero-order valence-corrected chi connectivity index (χ0v) is 18.9. The minimum Gasteiger partial charge on any atom is -0.494 e. The summed E-state index contributed by atoms with van der Waals surface area (Å²) in [5.41, 5.74) is 1.14. The summed E-state index contributed by atoms with van der Waals surface area (Å²) in [6.07, 6.45) is -0.315. The molecular weight excluding hydrogens is 456 g/mol. The third-order valence-corrected chi connectivity index (χ3v) is 5.47. The summed E-state index contributed by atoms with van der Waals surface area (Å²) in [5.74, 6) is -1.46. The van der Waals surface area contributed by atoms with Gasteiger partial charge in [0.1, 0.15) is 23.4 Å². The Morgan fingerprint density at radius 3 is 2.34 bits per heavy atom. The lowest BCUT2D eigenvalue weighted by Crippen LogP contribution is -2.37. The van der Waals surface area contributed by atoms with E-state index in [9.17, 15) is 23.2 Å². The number of ether oxygens (including phenoxy) is 1. The summed E-state index contributed by atoms with van der Waals surface area (Å²) >= 11 is 0. The first kappa shape index (κ1) is 23.9. The number of benzene rings is 3. The van der Waals surface area contributed by atoms with Crippen LogP contribution in [0.1, 0.15) is 18.9 Å². The second kappa shape index (κ2) is 10.3. The number of hydrogen-bond acceptors (Lipinski definition) is 4. The molecule has 0 radical (unpaired) electrons. The number of carbonyl (C=O) groups is 3. The molecule has 1 saturated heterocycles. The molecule has 7 nitrogen and oxygen atoms in total. The first-order valence-corrected chi connectivity index (χ1v) is 11.0. The normalized spacial score (nSPS) is 15.5. The molecule has 0 aliphatic carbocycles. The van der Waals surface area contributed by atoms with E-state index >= 15 is 0 Å². The molecular formula is C26H23F2N3O4. The van der Waals surface area contributed by atoms with Crippen LogP contribution in [0.2, 0.25) is 0 Å². The molecule has 3 aromatic rings. The maximum atomic E-state index is 13.7. The molecule has 1 aliphatic rings. The standard InChI is InChI=1S/C26H23F2N3O4/c1-2-35-22-12-8-20(9-13-22)29-24(32)15-23-25(33)31(21-10-6-18(27)7-11-21)26(34)30(23)16-17-4-3-5-19(28)14-17/h3-14,23H,2,15-16H2,1H3,(H,29,32). The van der Waals surface area contributed by atoms with Crippen molar-refractivity contribution in [3.05, 3.63) is 90.0 Å². The lowest BCUT2D eigenvalue weighted by molar-refractivity contribution is -0.124. The summed E-state index contributed by atoms with van der Waals surface area (Å²) in [4.78, 5) is 41.5. The van der Waals surface area contributed by atoms with E-state index in [1.807, 2.05) is 6.92 Å². The van der Waals surface area contributed by atoms with Gasteiger partial charge >= 0.3 is 6.03 Å². The number of carbonyl (C=O) groups excluding carboxylic acids is 3. The van der Waals surface area contributed by atoms with Crippen molar-refractivity contribution in [3.8, 4) is 5.75 Å². The first-order chi connectivity index (χ1) is 16.9. The molecule has 3 aromatic carbocycles. The van der Waals surface area contributed by atoms with Crippen LogP contribution in [0.25, 0.3) is 0 Å². The number of nitrogens with zero attached hydrogens (tertiary/aromatic N) is 2. The Kier molecular flexibility index (Phi) is 7.05. The van der Waals surface area contributed by atoms with Crippen molar-refractivity contribution >= 4 is 29.2 Å². The van der Waals surface area contributed by atoms with E-state index in [0.717, 1.165) is 17.0 Å². The van der Waals surface area contributed by atoms with Crippen molar-refractivity contribution in [2.45, 2.75) is 25.9 Å². The van der Waals surface area contributed by atoms with Crippen LogP contribution >= 0.6 is 0 Å². The van der Waals surface area contributed by atoms with Gasteiger partial charge in [-0.2, -0.15) is 0 Å². The number of anilines is 2. The highest BCUT2D eigenvalue weighted by atomic mass is 19.1. The fourth-order valence-electron chi connectivity index (χ4n) is 3.86. The fourth-order valence-corrected chi connectivity index (χ4v) is 3.86. The van der Waals surface area contributed by atoms with E-state index < -0.39 is 35.5 Å². The van der Waals surface area contributed by atoms with Gasteiger partial charge in [-0.3, -0.25) is 9.59 Å². The Balaban J connectivity index is 1.56. The predicted octanol–water partition coefficient (Wildman–Crippen LogP) is 4.73. The van der Waals surface area contributed by atoms with Gasteiger partial charge in [-0.15, -0.1) is 0 Å². The van der Waals surface area contributed by atoms with E-state index in [4.69, 9.17) is 4.74 Å². The van der Waals surface area contributed by atoms with E-state index in [2.05, 4.69) is 5.32 Å². The van der Waals surface area contributed by atoms with Crippen molar-refractivity contribution in [1.29, 1.82) is 0 Å². The van der Waals surface area contributed by atoms with E-state index in [1.165, 1.54) is 35.2 Å². The van der Waals surface area contributed by atoms with Gasteiger partial charge in [-0.1, -0.05) is 12.1 Å². The van der Waals surface area contributed by atoms with Crippen LogP contribution in [-0.2, 0) is 16.1 Å². The van der Waals surface area contributed by atoms with E-state index in [-0.39, 0.29) is 18.7 Å². The van der Waals surface area contributed by atoms with Gasteiger partial charge in [0.2, 0.25) is 5.91 Å². The van der Waals surface area contributed by atoms with Gasteiger partial charge in [0.15, 0.2) is 0 Å². The van der Waals surface area contributed by atoms with Crippen molar-refractivity contribution in [1.82, 2.24) is 4.90 Å². The first-order valence-electron chi connectivity index (χ1n) is 11.0. The summed E-state index contributed by atoms with van der Waals surface area (Å²) < 4.78 is 32.5. The lowest BCUT2D eigenvalue weighted by atomic mass is 10.1. The van der Waals surface area contributed by atoms with Crippen LogP contribution in [0.3, 0.4) is 0 Å². The highest BCUT2D eigenvalue weighted by Gasteiger charge is 2.46. The minimum absolute atomic E-state index is 0.0823. The molecule has 1 heterocycles. The monoisotopic (exact) mass is 479 g/mol. The molecule has 0 aromatic heterocycles. The van der Waals surface area contributed by atoms with E-state index in [0.29, 0.717) is 23.6 Å². The van der Waals surface area contributed by atoms with Gasteiger partial charge in [-0.25, -0.2) is 18.5 Å². The van der Waals surface area contributed by atoms with Crippen molar-refractivity contribution < 1.29 is 27.9 Å². The minimum atomic E-state index is -1.13. The molecule has 4 rings (SSSR count). The number of amides is 4. The van der Waals surface area contributed by atoms with Crippen LogP contribution in [-0.4, -0.2) is 35.4 Å². The number of nitrogens with one attached hydrogen (secondary N) is 1. The average molecular weight is 479 g/mol. The Bertz CT molecular complexity index is 1230. The number of hydrogen-bond donors (Lipinski definition) is 1. The number of rotatable bonds is 8. The Hall–Kier alpha value is -4.27. The summed E-state index contributed by atoms with van der Waals surface area (Å²) in [7, 11) is 0. The Morgan fingerprint density at radius 1 is 0.971 bits per heavy atom. The molecule has 9 heteroatoms. The molecule has 0 bridgehead atoms. The van der Waals surface area contributed by atoms with Crippen LogP contribution in [0.4, 0.5) is 25.0 Å². The van der Waals surface area contributed by atoms with Crippen LogP contribution < -0.4 is 15.0 Å². The number of urea groups is 1. The molecule has 1 atom stereocenters. The molecule has 4 amide bonds. The molecule has 1 N–H and O–H groups in total. The average Bonchev–Trinajstić information content (AvgIpc) is 3.05. The fraction of sp³-hybridized carbons (Fsp3) is 0.192. The van der Waals surface area contributed by atoms with Gasteiger partial charge in [-0.05, 0) is 73.2 Å². The third-order valence-electron chi connectivity index (χ3n) is 5.47. The van der Waals surface area contributed by atoms with Gasteiger partial charge in [0.05, 0.1) is 18.7 Å². The molecule has 1 fully saturated rings. The Labute approximate surface area is 200 Å². The molecule has 0 spiro atoms. The predicted molar refractivity (Wildman–Crippen MR) is 126 cm³/mol. The zero-order chi connectivity index (χ0) is 24.9. The highest BCUT2D eigenvalue weighted by Crippen LogP contribution is 2.29. The van der Waals surface area contributed by atoms with Gasteiger partial charge < -0.3 is 15.0 Å². The third kappa shape index (κ3) is 5.46. The topological polar surface area (TPSA) is 79.0 Å². The smallest absolute Gasteiger partial charge is 0.332 e. The largest absolute Gasteiger partial charge is 0.494 e. The van der Waals surface area contributed by atoms with Crippen molar-refractivity contribution in [3.63, 3.8) is 0 Å². The van der Waals surface area contributed by atoms with E-state index in [1.54, 1.807) is 30.3 Å². The SMILES string of the molecule is CCOc1ccc(NC(=O)CC2C(=O)N(c3ccc(F)cc3)C(=O)N2Cc2cccc(F)c2)cc1. The maximum Gasteiger partial charge on any atom is 0.332 e. The molecule has 0 saturated carbocycles. The van der Waals surface area contributed by atoms with Gasteiger partial charge in [0, 0.05) is 12.2 Å². The molecule has 180 valence electrons. The van der Waals surface area contributed by atoms with Crippen LogP contribution in [0.5, 0.6) is 5.75 Å². The highest BCUT2D eigenvalue weighted by molar-refractivity contribution is 6.22. The van der Waals surface area contributed by atoms with Crippen LogP contribution in [0.15, 0.2) is 72.8 Å². The summed E-state index contributed by atoms with van der Waals surface area (Å²) in [6, 6.07) is 15.5. The number of imide groups is 1.